The summed E-state index contributed by atoms with van der Waals surface area (Å²) >= 11 is 2.46. The number of imide groups is 1. The zero-order chi connectivity index (χ0) is 18.4. The van der Waals surface area contributed by atoms with E-state index in [0.29, 0.717) is 27.0 Å². The van der Waals surface area contributed by atoms with E-state index >= 15 is 0 Å². The van der Waals surface area contributed by atoms with E-state index in [2.05, 4.69) is 15.6 Å². The summed E-state index contributed by atoms with van der Waals surface area (Å²) in [6.45, 7) is 4.61. The molecular weight excluding hydrogens is 364 g/mol. The van der Waals surface area contributed by atoms with E-state index < -0.39 is 16.9 Å². The number of rotatable bonds is 7. The number of thiazole rings is 1. The van der Waals surface area contributed by atoms with Gasteiger partial charge in [-0.15, -0.1) is 11.3 Å². The highest BCUT2D eigenvalue weighted by atomic mass is 32.2. The molecule has 0 bridgehead atoms. The van der Waals surface area contributed by atoms with Gasteiger partial charge in [-0.3, -0.25) is 20.2 Å². The molecule has 134 valence electrons. The number of aromatic nitrogens is 1. The monoisotopic (exact) mass is 382 g/mol. The van der Waals surface area contributed by atoms with Gasteiger partial charge in [-0.1, -0.05) is 25.6 Å². The molecule has 0 aliphatic heterocycles. The second kappa shape index (κ2) is 8.77. The van der Waals surface area contributed by atoms with Crippen LogP contribution in [-0.4, -0.2) is 34.1 Å². The van der Waals surface area contributed by atoms with Gasteiger partial charge >= 0.3 is 6.03 Å². The van der Waals surface area contributed by atoms with Crippen LogP contribution in [0.3, 0.4) is 0 Å². The van der Waals surface area contributed by atoms with E-state index in [1.807, 2.05) is 13.8 Å². The van der Waals surface area contributed by atoms with Crippen molar-refractivity contribution in [1.29, 1.82) is 0 Å². The van der Waals surface area contributed by atoms with Gasteiger partial charge < -0.3 is 5.32 Å². The fourth-order valence-corrected chi connectivity index (χ4v) is 3.78. The summed E-state index contributed by atoms with van der Waals surface area (Å²) < 4.78 is 1.30. The quantitative estimate of drug-likeness (QED) is 0.432. The standard InChI is InChI=1S/C15H18N4O4S2/c1-9(2)5-6-16-14(21)18-13(20)8-24-15-17-11-4-3-10(19(22)23)7-12(11)25-15/h3-4,7,9H,5-6,8H2,1-2H3,(H2,16,18,20,21). The largest absolute Gasteiger partial charge is 0.338 e. The third-order valence-corrected chi connectivity index (χ3v) is 5.31. The number of hydrogen-bond acceptors (Lipinski definition) is 7. The van der Waals surface area contributed by atoms with Gasteiger partial charge in [0.25, 0.3) is 5.69 Å². The first-order chi connectivity index (χ1) is 11.8. The van der Waals surface area contributed by atoms with Crippen molar-refractivity contribution in [2.75, 3.05) is 12.3 Å². The van der Waals surface area contributed by atoms with Crippen LogP contribution < -0.4 is 10.6 Å². The molecule has 1 aromatic carbocycles. The molecule has 0 aliphatic carbocycles. The maximum atomic E-state index is 11.8. The lowest BCUT2D eigenvalue weighted by Crippen LogP contribution is -2.40. The van der Waals surface area contributed by atoms with Crippen LogP contribution in [0.1, 0.15) is 20.3 Å². The van der Waals surface area contributed by atoms with E-state index in [4.69, 9.17) is 0 Å². The van der Waals surface area contributed by atoms with Gasteiger partial charge in [0.1, 0.15) is 0 Å². The number of carbonyl (C=O) groups excluding carboxylic acids is 2. The van der Waals surface area contributed by atoms with Crippen molar-refractivity contribution in [2.45, 2.75) is 24.6 Å². The Morgan fingerprint density at radius 1 is 1.40 bits per heavy atom. The summed E-state index contributed by atoms with van der Waals surface area (Å²) in [4.78, 5) is 38.0. The van der Waals surface area contributed by atoms with E-state index in [9.17, 15) is 19.7 Å². The number of nitro benzene ring substituents is 1. The lowest BCUT2D eigenvalue weighted by Gasteiger charge is -2.07. The van der Waals surface area contributed by atoms with Crippen LogP contribution in [0, 0.1) is 16.0 Å². The third kappa shape index (κ3) is 5.98. The van der Waals surface area contributed by atoms with Gasteiger partial charge in [0.05, 0.1) is 20.9 Å². The van der Waals surface area contributed by atoms with Gasteiger partial charge in [-0.05, 0) is 18.4 Å². The molecule has 0 spiro atoms. The summed E-state index contributed by atoms with van der Waals surface area (Å²) in [6.07, 6.45) is 0.841. The minimum absolute atomic E-state index is 0.00325. The highest BCUT2D eigenvalue weighted by molar-refractivity contribution is 8.01. The summed E-state index contributed by atoms with van der Waals surface area (Å²) in [7, 11) is 0. The van der Waals surface area contributed by atoms with Crippen molar-refractivity contribution in [3.05, 3.63) is 28.3 Å². The zero-order valence-electron chi connectivity index (χ0n) is 13.8. The molecule has 8 nitrogen and oxygen atoms in total. The van der Waals surface area contributed by atoms with Crippen LogP contribution in [0.5, 0.6) is 0 Å². The van der Waals surface area contributed by atoms with Gasteiger partial charge in [-0.25, -0.2) is 9.78 Å². The fraction of sp³-hybridized carbons (Fsp3) is 0.400. The number of fused-ring (bicyclic) bond motifs is 1. The highest BCUT2D eigenvalue weighted by Crippen LogP contribution is 2.31. The molecule has 2 rings (SSSR count). The number of nitrogens with zero attached hydrogens (tertiary/aromatic N) is 2. The molecule has 25 heavy (non-hydrogen) atoms. The van der Waals surface area contributed by atoms with Crippen molar-refractivity contribution in [2.24, 2.45) is 5.92 Å². The van der Waals surface area contributed by atoms with Gasteiger partial charge in [0.2, 0.25) is 5.91 Å². The summed E-state index contributed by atoms with van der Waals surface area (Å²) in [5, 5.41) is 15.7. The highest BCUT2D eigenvalue weighted by Gasteiger charge is 2.13. The number of hydrogen-bond donors (Lipinski definition) is 2. The van der Waals surface area contributed by atoms with E-state index in [1.165, 1.54) is 35.2 Å². The van der Waals surface area contributed by atoms with Crippen molar-refractivity contribution >= 4 is 50.9 Å². The van der Waals surface area contributed by atoms with E-state index in [-0.39, 0.29) is 11.4 Å². The van der Waals surface area contributed by atoms with Crippen LogP contribution in [0.4, 0.5) is 10.5 Å². The molecule has 0 aliphatic rings. The second-order valence-electron chi connectivity index (χ2n) is 5.66. The Labute approximate surface area is 152 Å². The Hall–Kier alpha value is -2.20. The van der Waals surface area contributed by atoms with Crippen LogP contribution >= 0.6 is 23.1 Å². The zero-order valence-corrected chi connectivity index (χ0v) is 15.4. The second-order valence-corrected chi connectivity index (χ2v) is 7.92. The number of benzene rings is 1. The first kappa shape index (κ1) is 19.1. The lowest BCUT2D eigenvalue weighted by molar-refractivity contribution is -0.384. The molecule has 1 heterocycles. The SMILES string of the molecule is CC(C)CCNC(=O)NC(=O)CSc1nc2ccc([N+](=O)[O-])cc2s1. The maximum Gasteiger partial charge on any atom is 0.321 e. The molecule has 3 amide bonds. The Bertz CT molecular complexity index is 791. The predicted octanol–water partition coefficient (Wildman–Crippen LogP) is 3.17. The minimum atomic E-state index is -0.508. The average Bonchev–Trinajstić information content (AvgIpc) is 2.94. The summed E-state index contributed by atoms with van der Waals surface area (Å²) in [5.74, 6) is 0.0955. The normalized spacial score (nSPS) is 10.8. The Balaban J connectivity index is 1.84. The third-order valence-electron chi connectivity index (χ3n) is 3.15. The summed E-state index contributed by atoms with van der Waals surface area (Å²) in [5.41, 5.74) is 0.647. The Morgan fingerprint density at radius 3 is 2.84 bits per heavy atom. The lowest BCUT2D eigenvalue weighted by atomic mass is 10.1. The first-order valence-electron chi connectivity index (χ1n) is 7.60. The molecule has 2 N–H and O–H groups in total. The van der Waals surface area contributed by atoms with E-state index in [1.54, 1.807) is 6.07 Å². The molecular formula is C15H18N4O4S2. The number of thioether (sulfide) groups is 1. The van der Waals surface area contributed by atoms with Gasteiger partial charge in [-0.2, -0.15) is 0 Å². The number of urea groups is 1. The predicted molar refractivity (Wildman–Crippen MR) is 98.0 cm³/mol. The number of non-ortho nitro benzene ring substituents is 1. The van der Waals surface area contributed by atoms with E-state index in [0.717, 1.165) is 6.42 Å². The smallest absolute Gasteiger partial charge is 0.321 e. The molecule has 0 unspecified atom stereocenters. The van der Waals surface area contributed by atoms with Crippen molar-refractivity contribution in [3.8, 4) is 0 Å². The van der Waals surface area contributed by atoms with Gasteiger partial charge in [0.15, 0.2) is 4.34 Å². The molecule has 2 aromatic rings. The molecule has 0 atom stereocenters. The Morgan fingerprint density at radius 2 is 2.16 bits per heavy atom. The molecule has 0 saturated carbocycles. The molecule has 1 aromatic heterocycles. The van der Waals surface area contributed by atoms with Crippen molar-refractivity contribution in [3.63, 3.8) is 0 Å². The van der Waals surface area contributed by atoms with Crippen LogP contribution in [-0.2, 0) is 4.79 Å². The maximum absolute atomic E-state index is 11.8. The number of carbonyl (C=O) groups is 2. The molecule has 0 fully saturated rings. The fourth-order valence-electron chi connectivity index (χ4n) is 1.88. The number of nitrogens with one attached hydrogen (secondary N) is 2. The number of nitro groups is 1. The van der Waals surface area contributed by atoms with Crippen LogP contribution in [0.25, 0.3) is 10.2 Å². The summed E-state index contributed by atoms with van der Waals surface area (Å²) in [6, 6.07) is 3.92. The average molecular weight is 382 g/mol. The van der Waals surface area contributed by atoms with Crippen molar-refractivity contribution in [1.82, 2.24) is 15.6 Å². The van der Waals surface area contributed by atoms with Crippen molar-refractivity contribution < 1.29 is 14.5 Å². The van der Waals surface area contributed by atoms with Crippen LogP contribution in [0.2, 0.25) is 0 Å². The molecule has 0 radical (unpaired) electrons. The molecule has 0 saturated heterocycles. The number of amides is 3. The van der Waals surface area contributed by atoms with Crippen LogP contribution in [0.15, 0.2) is 22.5 Å². The molecule has 10 heteroatoms. The minimum Gasteiger partial charge on any atom is -0.338 e. The Kier molecular flexibility index (Phi) is 6.71. The first-order valence-corrected chi connectivity index (χ1v) is 9.41. The van der Waals surface area contributed by atoms with Gasteiger partial charge in [0, 0.05) is 18.7 Å². The topological polar surface area (TPSA) is 114 Å².